The number of carboxylic acids is 1. The van der Waals surface area contributed by atoms with E-state index in [-0.39, 0.29) is 17.9 Å². The van der Waals surface area contributed by atoms with Crippen LogP contribution < -0.4 is 5.32 Å². The Morgan fingerprint density at radius 2 is 2.24 bits per heavy atom. The van der Waals surface area contributed by atoms with Gasteiger partial charge in [0.15, 0.2) is 0 Å². The Labute approximate surface area is 104 Å². The fraction of sp³-hybridized carbons (Fsp3) is 0.500. The van der Waals surface area contributed by atoms with E-state index in [1.54, 1.807) is 0 Å². The van der Waals surface area contributed by atoms with Crippen LogP contribution in [-0.4, -0.2) is 23.0 Å². The fourth-order valence-corrected chi connectivity index (χ4v) is 2.90. The Balaban J connectivity index is 1.89. The van der Waals surface area contributed by atoms with E-state index in [2.05, 4.69) is 5.32 Å². The highest BCUT2D eigenvalue weighted by molar-refractivity contribution is 7.12. The predicted molar refractivity (Wildman–Crippen MR) is 65.3 cm³/mol. The third kappa shape index (κ3) is 2.49. The van der Waals surface area contributed by atoms with Crippen molar-refractivity contribution in [2.24, 2.45) is 5.92 Å². The van der Waals surface area contributed by atoms with Crippen LogP contribution in [0.5, 0.6) is 0 Å². The molecule has 0 saturated heterocycles. The Bertz CT molecular complexity index is 435. The summed E-state index contributed by atoms with van der Waals surface area (Å²) in [5.41, 5.74) is 1.06. The average molecular weight is 253 g/mol. The van der Waals surface area contributed by atoms with Gasteiger partial charge in [-0.25, -0.2) is 0 Å². The Hall–Kier alpha value is -1.36. The molecule has 1 aliphatic rings. The Morgan fingerprint density at radius 3 is 2.82 bits per heavy atom. The Morgan fingerprint density at radius 1 is 1.53 bits per heavy atom. The van der Waals surface area contributed by atoms with Gasteiger partial charge in [-0.15, -0.1) is 11.3 Å². The van der Waals surface area contributed by atoms with Crippen LogP contribution in [-0.2, 0) is 11.2 Å². The molecular weight excluding hydrogens is 238 g/mol. The minimum Gasteiger partial charge on any atom is -0.481 e. The number of carbonyl (C=O) groups excluding carboxylic acids is 1. The zero-order valence-corrected chi connectivity index (χ0v) is 10.4. The van der Waals surface area contributed by atoms with Crippen molar-refractivity contribution in [3.63, 3.8) is 0 Å². The number of carbonyl (C=O) groups is 2. The van der Waals surface area contributed by atoms with Gasteiger partial charge in [0.25, 0.3) is 5.91 Å². The van der Waals surface area contributed by atoms with Crippen LogP contribution >= 0.6 is 11.3 Å². The molecule has 4 nitrogen and oxygen atoms in total. The molecule has 1 aliphatic carbocycles. The van der Waals surface area contributed by atoms with Crippen molar-refractivity contribution in [2.45, 2.75) is 32.2 Å². The van der Waals surface area contributed by atoms with Crippen molar-refractivity contribution >= 4 is 23.2 Å². The van der Waals surface area contributed by atoms with Crippen LogP contribution in [0.1, 0.15) is 35.0 Å². The number of aliphatic carboxylic acids is 1. The highest BCUT2D eigenvalue weighted by atomic mass is 32.1. The molecule has 0 unspecified atom stereocenters. The SMILES string of the molecule is CCc1ccsc1C(=O)NC1CC(C(=O)O)C1. The van der Waals surface area contributed by atoms with Crippen LogP contribution in [0.2, 0.25) is 0 Å². The summed E-state index contributed by atoms with van der Waals surface area (Å²) in [5.74, 6) is -1.11. The maximum Gasteiger partial charge on any atom is 0.306 e. The van der Waals surface area contributed by atoms with Crippen LogP contribution in [0.25, 0.3) is 0 Å². The highest BCUT2D eigenvalue weighted by Gasteiger charge is 2.35. The number of hydrogen-bond acceptors (Lipinski definition) is 3. The molecule has 2 rings (SSSR count). The number of aryl methyl sites for hydroxylation is 1. The van der Waals surface area contributed by atoms with Crippen molar-refractivity contribution < 1.29 is 14.7 Å². The molecule has 0 atom stereocenters. The van der Waals surface area contributed by atoms with Crippen molar-refractivity contribution in [1.29, 1.82) is 0 Å². The standard InChI is InChI=1S/C12H15NO3S/c1-2-7-3-4-17-10(7)11(14)13-9-5-8(6-9)12(15)16/h3-4,8-9H,2,5-6H2,1H3,(H,13,14)(H,15,16). The number of amides is 1. The maximum absolute atomic E-state index is 11.9. The fourth-order valence-electron chi connectivity index (χ4n) is 2.00. The summed E-state index contributed by atoms with van der Waals surface area (Å²) >= 11 is 1.44. The maximum atomic E-state index is 11.9. The van der Waals surface area contributed by atoms with Crippen LogP contribution in [0.3, 0.4) is 0 Å². The molecule has 5 heteroatoms. The van der Waals surface area contributed by atoms with Gasteiger partial charge in [-0.05, 0) is 36.3 Å². The second-order valence-corrected chi connectivity index (χ2v) is 5.22. The van der Waals surface area contributed by atoms with E-state index in [0.29, 0.717) is 12.8 Å². The van der Waals surface area contributed by atoms with E-state index in [0.717, 1.165) is 16.9 Å². The van der Waals surface area contributed by atoms with E-state index in [1.165, 1.54) is 11.3 Å². The van der Waals surface area contributed by atoms with Gasteiger partial charge in [0, 0.05) is 6.04 Å². The highest BCUT2D eigenvalue weighted by Crippen LogP contribution is 2.28. The van der Waals surface area contributed by atoms with E-state index in [4.69, 9.17) is 5.11 Å². The van der Waals surface area contributed by atoms with E-state index >= 15 is 0 Å². The Kier molecular flexibility index (Phi) is 3.47. The topological polar surface area (TPSA) is 66.4 Å². The summed E-state index contributed by atoms with van der Waals surface area (Å²) in [6.45, 7) is 2.02. The summed E-state index contributed by atoms with van der Waals surface area (Å²) in [6, 6.07) is 1.98. The zero-order valence-electron chi connectivity index (χ0n) is 9.60. The normalized spacial score (nSPS) is 22.9. The lowest BCUT2D eigenvalue weighted by molar-refractivity contribution is -0.145. The molecule has 0 radical (unpaired) electrons. The number of nitrogens with one attached hydrogen (secondary N) is 1. The smallest absolute Gasteiger partial charge is 0.306 e. The summed E-state index contributed by atoms with van der Waals surface area (Å²) < 4.78 is 0. The largest absolute Gasteiger partial charge is 0.481 e. The minimum absolute atomic E-state index is 0.0235. The molecule has 1 heterocycles. The molecule has 1 aromatic rings. The van der Waals surface area contributed by atoms with Gasteiger partial charge in [-0.3, -0.25) is 9.59 Å². The molecule has 0 spiro atoms. The zero-order chi connectivity index (χ0) is 12.4. The molecular formula is C12H15NO3S. The second kappa shape index (κ2) is 4.87. The average Bonchev–Trinajstić information content (AvgIpc) is 2.69. The summed E-state index contributed by atoms with van der Waals surface area (Å²) in [6.07, 6.45) is 1.94. The lowest BCUT2D eigenvalue weighted by atomic mass is 9.80. The lowest BCUT2D eigenvalue weighted by Crippen LogP contribution is -2.46. The molecule has 1 amide bonds. The molecule has 92 valence electrons. The molecule has 0 bridgehead atoms. The predicted octanol–water partition coefficient (Wildman–Crippen LogP) is 1.90. The summed E-state index contributed by atoms with van der Waals surface area (Å²) in [4.78, 5) is 23.3. The molecule has 1 aromatic heterocycles. The first-order valence-corrected chi connectivity index (χ1v) is 6.59. The molecule has 1 saturated carbocycles. The molecule has 17 heavy (non-hydrogen) atoms. The molecule has 0 aliphatic heterocycles. The van der Waals surface area contributed by atoms with Crippen LogP contribution in [0.15, 0.2) is 11.4 Å². The summed E-state index contributed by atoms with van der Waals surface area (Å²) in [7, 11) is 0. The lowest BCUT2D eigenvalue weighted by Gasteiger charge is -2.32. The number of carboxylic acid groups (broad SMARTS) is 1. The van der Waals surface area contributed by atoms with Crippen LogP contribution in [0.4, 0.5) is 0 Å². The van der Waals surface area contributed by atoms with Gasteiger partial charge < -0.3 is 10.4 Å². The van der Waals surface area contributed by atoms with Gasteiger partial charge in [0.1, 0.15) is 0 Å². The van der Waals surface area contributed by atoms with Gasteiger partial charge in [-0.1, -0.05) is 6.92 Å². The monoisotopic (exact) mass is 253 g/mol. The number of thiophene rings is 1. The van der Waals surface area contributed by atoms with Crippen molar-refractivity contribution in [3.8, 4) is 0 Å². The minimum atomic E-state index is -0.763. The number of rotatable bonds is 4. The third-order valence-corrected chi connectivity index (χ3v) is 4.11. The molecule has 1 fully saturated rings. The quantitative estimate of drug-likeness (QED) is 0.861. The van der Waals surface area contributed by atoms with Gasteiger partial charge in [-0.2, -0.15) is 0 Å². The van der Waals surface area contributed by atoms with E-state index in [9.17, 15) is 9.59 Å². The summed E-state index contributed by atoms with van der Waals surface area (Å²) in [5, 5.41) is 13.5. The van der Waals surface area contributed by atoms with E-state index < -0.39 is 5.97 Å². The molecule has 0 aromatic carbocycles. The third-order valence-electron chi connectivity index (χ3n) is 3.16. The van der Waals surface area contributed by atoms with Gasteiger partial charge in [0.2, 0.25) is 0 Å². The first-order chi connectivity index (χ1) is 8.11. The second-order valence-electron chi connectivity index (χ2n) is 4.31. The van der Waals surface area contributed by atoms with Crippen LogP contribution in [0, 0.1) is 5.92 Å². The number of hydrogen-bond donors (Lipinski definition) is 2. The first-order valence-electron chi connectivity index (χ1n) is 5.71. The van der Waals surface area contributed by atoms with Gasteiger partial charge in [0.05, 0.1) is 10.8 Å². The van der Waals surface area contributed by atoms with E-state index in [1.807, 2.05) is 18.4 Å². The van der Waals surface area contributed by atoms with Crippen molar-refractivity contribution in [2.75, 3.05) is 0 Å². The first kappa shape index (κ1) is 12.1. The molecule has 2 N–H and O–H groups in total. The van der Waals surface area contributed by atoms with Crippen molar-refractivity contribution in [1.82, 2.24) is 5.32 Å². The van der Waals surface area contributed by atoms with Gasteiger partial charge >= 0.3 is 5.97 Å². The van der Waals surface area contributed by atoms with Crippen molar-refractivity contribution in [3.05, 3.63) is 21.9 Å².